The number of hydrogen-bond donors (Lipinski definition) is 2. The molecule has 27 heavy (non-hydrogen) atoms. The highest BCUT2D eigenvalue weighted by molar-refractivity contribution is 9.10. The number of aryl methyl sites for hydroxylation is 2. The maximum Gasteiger partial charge on any atom is 0.325 e. The lowest BCUT2D eigenvalue weighted by atomic mass is 10.1. The van der Waals surface area contributed by atoms with E-state index in [0.29, 0.717) is 16.3 Å². The number of nitrogens with one attached hydrogen (secondary N) is 2. The van der Waals surface area contributed by atoms with Gasteiger partial charge in [0.2, 0.25) is 0 Å². The van der Waals surface area contributed by atoms with E-state index in [2.05, 4.69) is 26.6 Å². The lowest BCUT2D eigenvalue weighted by molar-refractivity contribution is -0.146. The van der Waals surface area contributed by atoms with Crippen LogP contribution in [-0.4, -0.2) is 30.9 Å². The van der Waals surface area contributed by atoms with Crippen molar-refractivity contribution < 1.29 is 19.1 Å². The molecule has 2 rings (SSSR count). The number of carbonyl (C=O) groups is 3. The molecule has 0 unspecified atom stereocenters. The second-order valence-electron chi connectivity index (χ2n) is 5.84. The van der Waals surface area contributed by atoms with Crippen molar-refractivity contribution >= 4 is 51.0 Å². The molecule has 0 aliphatic heterocycles. The Bertz CT molecular complexity index is 846. The molecule has 6 nitrogen and oxygen atoms in total. The lowest BCUT2D eigenvalue weighted by Crippen LogP contribution is -2.32. The van der Waals surface area contributed by atoms with Crippen molar-refractivity contribution in [3.8, 4) is 0 Å². The van der Waals surface area contributed by atoms with E-state index in [4.69, 9.17) is 16.3 Å². The molecule has 0 spiro atoms. The first kappa shape index (κ1) is 20.9. The summed E-state index contributed by atoms with van der Waals surface area (Å²) in [5.74, 6) is -1.65. The van der Waals surface area contributed by atoms with Crippen LogP contribution in [0.15, 0.2) is 40.9 Å². The number of halogens is 2. The Morgan fingerprint density at radius 1 is 1.11 bits per heavy atom. The van der Waals surface area contributed by atoms with Crippen LogP contribution in [0.5, 0.6) is 0 Å². The van der Waals surface area contributed by atoms with E-state index in [0.717, 1.165) is 15.6 Å². The third kappa shape index (κ3) is 6.37. The number of ether oxygens (including phenoxy) is 1. The number of anilines is 1. The number of esters is 1. The average molecular weight is 454 g/mol. The van der Waals surface area contributed by atoms with Gasteiger partial charge in [-0.05, 0) is 55.3 Å². The maximum atomic E-state index is 12.0. The summed E-state index contributed by atoms with van der Waals surface area (Å²) >= 11 is 9.40. The van der Waals surface area contributed by atoms with Gasteiger partial charge < -0.3 is 15.4 Å². The van der Waals surface area contributed by atoms with Gasteiger partial charge in [-0.15, -0.1) is 0 Å². The topological polar surface area (TPSA) is 84.5 Å². The highest BCUT2D eigenvalue weighted by Gasteiger charge is 2.13. The lowest BCUT2D eigenvalue weighted by Gasteiger charge is -2.12. The molecule has 0 fully saturated rings. The number of amides is 2. The zero-order valence-electron chi connectivity index (χ0n) is 14.8. The van der Waals surface area contributed by atoms with Crippen molar-refractivity contribution in [3.05, 3.63) is 62.6 Å². The van der Waals surface area contributed by atoms with Crippen molar-refractivity contribution in [2.75, 3.05) is 18.5 Å². The second-order valence-corrected chi connectivity index (χ2v) is 7.16. The van der Waals surface area contributed by atoms with Crippen molar-refractivity contribution in [1.29, 1.82) is 0 Å². The molecule has 2 N–H and O–H groups in total. The molecular weight excluding hydrogens is 436 g/mol. The molecule has 0 saturated carbocycles. The SMILES string of the molecule is Cc1cc(C)c(NC(=O)COC(=O)CNC(=O)c2ccc(Br)cc2)c(Cl)c1. The van der Waals surface area contributed by atoms with E-state index in [1.807, 2.05) is 19.9 Å². The molecule has 0 heterocycles. The summed E-state index contributed by atoms with van der Waals surface area (Å²) in [6, 6.07) is 10.3. The molecule has 2 aromatic rings. The first-order chi connectivity index (χ1) is 12.8. The van der Waals surface area contributed by atoms with Crippen molar-refractivity contribution in [3.63, 3.8) is 0 Å². The van der Waals surface area contributed by atoms with Crippen LogP contribution in [0.3, 0.4) is 0 Å². The second kappa shape index (κ2) is 9.53. The van der Waals surface area contributed by atoms with Crippen molar-refractivity contribution in [2.24, 2.45) is 0 Å². The molecule has 0 aliphatic rings. The third-order valence-electron chi connectivity index (χ3n) is 3.56. The van der Waals surface area contributed by atoms with Gasteiger partial charge in [0.15, 0.2) is 6.61 Å². The summed E-state index contributed by atoms with van der Waals surface area (Å²) in [5, 5.41) is 5.46. The molecule has 0 aliphatic carbocycles. The van der Waals surface area contributed by atoms with Gasteiger partial charge in [0.1, 0.15) is 6.54 Å². The van der Waals surface area contributed by atoms with Crippen LogP contribution in [0.4, 0.5) is 5.69 Å². The van der Waals surface area contributed by atoms with E-state index in [-0.39, 0.29) is 6.54 Å². The zero-order valence-corrected chi connectivity index (χ0v) is 17.1. The van der Waals surface area contributed by atoms with E-state index in [1.54, 1.807) is 30.3 Å². The number of carbonyl (C=O) groups excluding carboxylic acids is 3. The van der Waals surface area contributed by atoms with Gasteiger partial charge in [-0.2, -0.15) is 0 Å². The van der Waals surface area contributed by atoms with Gasteiger partial charge in [-0.25, -0.2) is 0 Å². The molecule has 0 aromatic heterocycles. The molecule has 0 atom stereocenters. The van der Waals surface area contributed by atoms with Crippen LogP contribution in [0, 0.1) is 13.8 Å². The molecule has 2 amide bonds. The molecular formula is C19H18BrClN2O4. The standard InChI is InChI=1S/C19H18BrClN2O4/c1-11-7-12(2)18(15(21)8-11)23-16(24)10-27-17(25)9-22-19(26)13-3-5-14(20)6-4-13/h3-8H,9-10H2,1-2H3,(H,22,26)(H,23,24). The summed E-state index contributed by atoms with van der Waals surface area (Å²) in [6.07, 6.45) is 0. The minimum atomic E-state index is -0.720. The van der Waals surface area contributed by atoms with E-state index in [1.165, 1.54) is 0 Å². The fourth-order valence-corrected chi connectivity index (χ4v) is 2.94. The molecule has 142 valence electrons. The summed E-state index contributed by atoms with van der Waals surface area (Å²) in [6.45, 7) is 2.90. The van der Waals surface area contributed by atoms with Crippen molar-refractivity contribution in [1.82, 2.24) is 5.32 Å². The predicted molar refractivity (Wildman–Crippen MR) is 107 cm³/mol. The summed E-state index contributed by atoms with van der Waals surface area (Å²) in [7, 11) is 0. The number of benzene rings is 2. The van der Waals surface area contributed by atoms with E-state index in [9.17, 15) is 14.4 Å². The Labute approximate surface area is 170 Å². The van der Waals surface area contributed by atoms with Gasteiger partial charge in [0, 0.05) is 10.0 Å². The first-order valence-electron chi connectivity index (χ1n) is 8.02. The minimum Gasteiger partial charge on any atom is -0.454 e. The Balaban J connectivity index is 1.79. The van der Waals surface area contributed by atoms with E-state index < -0.39 is 24.4 Å². The van der Waals surface area contributed by atoms with Crippen LogP contribution < -0.4 is 10.6 Å². The molecule has 0 bridgehead atoms. The maximum absolute atomic E-state index is 12.0. The average Bonchev–Trinajstić information content (AvgIpc) is 2.61. The zero-order chi connectivity index (χ0) is 20.0. The Hall–Kier alpha value is -2.38. The third-order valence-corrected chi connectivity index (χ3v) is 4.39. The van der Waals surface area contributed by atoms with Crippen LogP contribution in [0.2, 0.25) is 5.02 Å². The number of rotatable bonds is 6. The molecule has 8 heteroatoms. The summed E-state index contributed by atoms with van der Waals surface area (Å²) in [4.78, 5) is 35.6. The van der Waals surface area contributed by atoms with Crippen LogP contribution in [0.1, 0.15) is 21.5 Å². The van der Waals surface area contributed by atoms with E-state index >= 15 is 0 Å². The summed E-state index contributed by atoms with van der Waals surface area (Å²) in [5.41, 5.74) is 2.67. The fraction of sp³-hybridized carbons (Fsp3) is 0.211. The highest BCUT2D eigenvalue weighted by Crippen LogP contribution is 2.27. The van der Waals surface area contributed by atoms with Gasteiger partial charge in [0.05, 0.1) is 10.7 Å². The largest absolute Gasteiger partial charge is 0.454 e. The van der Waals surface area contributed by atoms with Gasteiger partial charge in [-0.3, -0.25) is 14.4 Å². The Morgan fingerprint density at radius 3 is 2.41 bits per heavy atom. The summed E-state index contributed by atoms with van der Waals surface area (Å²) < 4.78 is 5.71. The molecule has 0 saturated heterocycles. The quantitative estimate of drug-likeness (QED) is 0.654. The van der Waals surface area contributed by atoms with Crippen molar-refractivity contribution in [2.45, 2.75) is 13.8 Å². The normalized spacial score (nSPS) is 10.2. The first-order valence-corrected chi connectivity index (χ1v) is 9.19. The van der Waals surface area contributed by atoms with Crippen LogP contribution in [0.25, 0.3) is 0 Å². The minimum absolute atomic E-state index is 0.341. The fourth-order valence-electron chi connectivity index (χ4n) is 2.30. The van der Waals surface area contributed by atoms with Gasteiger partial charge >= 0.3 is 5.97 Å². The van der Waals surface area contributed by atoms with Crippen LogP contribution >= 0.6 is 27.5 Å². The van der Waals surface area contributed by atoms with Crippen LogP contribution in [-0.2, 0) is 14.3 Å². The monoisotopic (exact) mass is 452 g/mol. The van der Waals surface area contributed by atoms with Gasteiger partial charge in [0.25, 0.3) is 11.8 Å². The Kier molecular flexibility index (Phi) is 7.38. The highest BCUT2D eigenvalue weighted by atomic mass is 79.9. The molecule has 2 aromatic carbocycles. The molecule has 0 radical (unpaired) electrons. The predicted octanol–water partition coefficient (Wildman–Crippen LogP) is 3.63. The number of hydrogen-bond acceptors (Lipinski definition) is 4. The van der Waals surface area contributed by atoms with Gasteiger partial charge in [-0.1, -0.05) is 33.6 Å². The Morgan fingerprint density at radius 2 is 1.78 bits per heavy atom. The smallest absolute Gasteiger partial charge is 0.325 e.